The van der Waals surface area contributed by atoms with E-state index in [-0.39, 0.29) is 0 Å². The van der Waals surface area contributed by atoms with Crippen molar-refractivity contribution in [3.05, 3.63) is 24.3 Å². The summed E-state index contributed by atoms with van der Waals surface area (Å²) in [6.07, 6.45) is 27.0. The Morgan fingerprint density at radius 2 is 1.00 bits per heavy atom. The van der Waals surface area contributed by atoms with Gasteiger partial charge in [0.25, 0.3) is 0 Å². The fourth-order valence-corrected chi connectivity index (χ4v) is 2.25. The molecule has 0 atom stereocenters. The second-order valence-electron chi connectivity index (χ2n) is 5.58. The molecule has 0 amide bonds. The van der Waals surface area contributed by atoms with Crippen LogP contribution in [-0.2, 0) is 0 Å². The van der Waals surface area contributed by atoms with Crippen LogP contribution in [0.4, 0.5) is 0 Å². The van der Waals surface area contributed by atoms with Crippen LogP contribution in [0, 0.1) is 0 Å². The Hall–Kier alpha value is -0.520. The van der Waals surface area contributed by atoms with Gasteiger partial charge in [0.15, 0.2) is 0 Å². The molecule has 0 bridgehead atoms. The first-order valence-electron chi connectivity index (χ1n) is 8.71. The lowest BCUT2D eigenvalue weighted by atomic mass is 10.1. The molecule has 0 fully saturated rings. The average Bonchev–Trinajstić information content (AvgIpc) is 2.43. The molecular weight excluding hydrogens is 228 g/mol. The summed E-state index contributed by atoms with van der Waals surface area (Å²) in [7, 11) is 0. The lowest BCUT2D eigenvalue weighted by molar-refractivity contribution is 0.566. The summed E-state index contributed by atoms with van der Waals surface area (Å²) < 4.78 is 0. The van der Waals surface area contributed by atoms with Crippen LogP contribution in [0.3, 0.4) is 0 Å². The van der Waals surface area contributed by atoms with Crippen LogP contribution >= 0.6 is 0 Å². The molecule has 0 aromatic rings. The minimum atomic E-state index is 1.12. The van der Waals surface area contributed by atoms with Gasteiger partial charge < -0.3 is 0 Å². The standard InChI is InChI=1S/C19H36/c1-3-5-7-9-11-13-15-17-19-18-16-14-12-10-8-6-4-2/h7,9,13,15H,3-6,8,10-12,14,16-19H2,1-2H3. The number of allylic oxidation sites excluding steroid dienone is 4. The van der Waals surface area contributed by atoms with Crippen LogP contribution in [0.15, 0.2) is 24.3 Å². The van der Waals surface area contributed by atoms with Crippen LogP contribution in [0.5, 0.6) is 0 Å². The summed E-state index contributed by atoms with van der Waals surface area (Å²) in [4.78, 5) is 0. The second kappa shape index (κ2) is 17.5. The zero-order valence-corrected chi connectivity index (χ0v) is 13.5. The molecule has 0 aliphatic rings. The van der Waals surface area contributed by atoms with Crippen molar-refractivity contribution in [3.63, 3.8) is 0 Å². The quantitative estimate of drug-likeness (QED) is 0.230. The number of rotatable bonds is 14. The number of unbranched alkanes of at least 4 members (excludes halogenated alkanes) is 10. The van der Waals surface area contributed by atoms with E-state index in [1.165, 1.54) is 77.0 Å². The second-order valence-corrected chi connectivity index (χ2v) is 5.58. The lowest BCUT2D eigenvalue weighted by Crippen LogP contribution is -1.80. The molecule has 0 N–H and O–H groups in total. The maximum absolute atomic E-state index is 2.36. The van der Waals surface area contributed by atoms with Crippen LogP contribution < -0.4 is 0 Å². The molecule has 0 aromatic heterocycles. The van der Waals surface area contributed by atoms with E-state index in [0.29, 0.717) is 0 Å². The van der Waals surface area contributed by atoms with E-state index < -0.39 is 0 Å². The van der Waals surface area contributed by atoms with Gasteiger partial charge in [-0.25, -0.2) is 0 Å². The van der Waals surface area contributed by atoms with Gasteiger partial charge in [-0.3, -0.25) is 0 Å². The van der Waals surface area contributed by atoms with Crippen molar-refractivity contribution >= 4 is 0 Å². The van der Waals surface area contributed by atoms with Gasteiger partial charge >= 0.3 is 0 Å². The number of hydrogen-bond donors (Lipinski definition) is 0. The largest absolute Gasteiger partial charge is 0.0882 e. The summed E-state index contributed by atoms with van der Waals surface area (Å²) in [5, 5.41) is 0. The van der Waals surface area contributed by atoms with Crippen molar-refractivity contribution in [3.8, 4) is 0 Å². The van der Waals surface area contributed by atoms with Gasteiger partial charge in [0.2, 0.25) is 0 Å². The molecule has 0 rings (SSSR count). The van der Waals surface area contributed by atoms with Crippen LogP contribution in [-0.4, -0.2) is 0 Å². The van der Waals surface area contributed by atoms with E-state index in [1.54, 1.807) is 0 Å². The van der Waals surface area contributed by atoms with Gasteiger partial charge in [0.1, 0.15) is 0 Å². The highest BCUT2D eigenvalue weighted by Gasteiger charge is 1.90. The molecule has 0 aromatic carbocycles. The zero-order chi connectivity index (χ0) is 14.0. The maximum Gasteiger partial charge on any atom is -0.0169 e. The highest BCUT2D eigenvalue weighted by molar-refractivity contribution is 4.92. The minimum absolute atomic E-state index is 1.12. The topological polar surface area (TPSA) is 0 Å². The maximum atomic E-state index is 2.36. The molecule has 0 heteroatoms. The summed E-state index contributed by atoms with van der Waals surface area (Å²) in [5.41, 5.74) is 0. The van der Waals surface area contributed by atoms with Crippen LogP contribution in [0.2, 0.25) is 0 Å². The first-order chi connectivity index (χ1) is 9.41. The van der Waals surface area contributed by atoms with Gasteiger partial charge in [0.05, 0.1) is 0 Å². The molecule has 0 spiro atoms. The predicted octanol–water partition coefficient (Wildman–Crippen LogP) is 7.21. The summed E-state index contributed by atoms with van der Waals surface area (Å²) >= 11 is 0. The minimum Gasteiger partial charge on any atom is -0.0882 e. The fourth-order valence-electron chi connectivity index (χ4n) is 2.25. The summed E-state index contributed by atoms with van der Waals surface area (Å²) in [6.45, 7) is 4.51. The average molecular weight is 264 g/mol. The molecule has 0 saturated carbocycles. The molecule has 0 radical (unpaired) electrons. The Bertz CT molecular complexity index is 200. The normalized spacial score (nSPS) is 11.9. The zero-order valence-electron chi connectivity index (χ0n) is 13.5. The SMILES string of the molecule is CCCC=CCC=CCCCCCCCCCCC. The monoisotopic (exact) mass is 264 g/mol. The van der Waals surface area contributed by atoms with Crippen molar-refractivity contribution in [2.24, 2.45) is 0 Å². The molecule has 0 aliphatic heterocycles. The summed E-state index contributed by atoms with van der Waals surface area (Å²) in [6, 6.07) is 0. The van der Waals surface area contributed by atoms with Gasteiger partial charge in [-0.15, -0.1) is 0 Å². The van der Waals surface area contributed by atoms with Crippen LogP contribution in [0.25, 0.3) is 0 Å². The lowest BCUT2D eigenvalue weighted by Gasteiger charge is -2.00. The Balaban J connectivity index is 3.07. The fraction of sp³-hybridized carbons (Fsp3) is 0.789. The van der Waals surface area contributed by atoms with Gasteiger partial charge in [0, 0.05) is 0 Å². The van der Waals surface area contributed by atoms with E-state index in [0.717, 1.165) is 6.42 Å². The van der Waals surface area contributed by atoms with E-state index in [2.05, 4.69) is 38.2 Å². The Kier molecular flexibility index (Phi) is 17.0. The Labute approximate surface area is 122 Å². The summed E-state index contributed by atoms with van der Waals surface area (Å²) in [5.74, 6) is 0. The smallest absolute Gasteiger partial charge is 0.0169 e. The third-order valence-corrected chi connectivity index (χ3v) is 3.54. The molecule has 0 aliphatic carbocycles. The van der Waals surface area contributed by atoms with E-state index in [1.807, 2.05) is 0 Å². The third kappa shape index (κ3) is 17.5. The third-order valence-electron chi connectivity index (χ3n) is 3.54. The van der Waals surface area contributed by atoms with Crippen molar-refractivity contribution < 1.29 is 0 Å². The van der Waals surface area contributed by atoms with Crippen LogP contribution in [0.1, 0.15) is 97.3 Å². The van der Waals surface area contributed by atoms with E-state index in [9.17, 15) is 0 Å². The Morgan fingerprint density at radius 3 is 1.58 bits per heavy atom. The van der Waals surface area contributed by atoms with Gasteiger partial charge in [-0.05, 0) is 25.7 Å². The molecule has 112 valence electrons. The van der Waals surface area contributed by atoms with Gasteiger partial charge in [-0.2, -0.15) is 0 Å². The first kappa shape index (κ1) is 18.5. The van der Waals surface area contributed by atoms with E-state index >= 15 is 0 Å². The Morgan fingerprint density at radius 1 is 0.474 bits per heavy atom. The first-order valence-corrected chi connectivity index (χ1v) is 8.71. The molecule has 0 saturated heterocycles. The van der Waals surface area contributed by atoms with Crippen molar-refractivity contribution in [1.82, 2.24) is 0 Å². The predicted molar refractivity (Wildman–Crippen MR) is 89.6 cm³/mol. The molecule has 0 unspecified atom stereocenters. The van der Waals surface area contributed by atoms with Crippen molar-refractivity contribution in [2.75, 3.05) is 0 Å². The van der Waals surface area contributed by atoms with Crippen molar-refractivity contribution in [1.29, 1.82) is 0 Å². The molecule has 19 heavy (non-hydrogen) atoms. The van der Waals surface area contributed by atoms with E-state index in [4.69, 9.17) is 0 Å². The van der Waals surface area contributed by atoms with Gasteiger partial charge in [-0.1, -0.05) is 95.9 Å². The highest BCUT2D eigenvalue weighted by Crippen LogP contribution is 2.10. The molecule has 0 heterocycles. The molecule has 0 nitrogen and oxygen atoms in total. The molecular formula is C19H36. The van der Waals surface area contributed by atoms with Crippen molar-refractivity contribution in [2.45, 2.75) is 97.3 Å². The highest BCUT2D eigenvalue weighted by atomic mass is 14.0. The number of hydrogen-bond acceptors (Lipinski definition) is 0.